The predicted octanol–water partition coefficient (Wildman–Crippen LogP) is 2.59. The van der Waals surface area contributed by atoms with Gasteiger partial charge in [-0.15, -0.1) is 0 Å². The molecular formula is C16H24N2O3. The first-order chi connectivity index (χ1) is 10.1. The van der Waals surface area contributed by atoms with Crippen LogP contribution in [0.15, 0.2) is 0 Å². The van der Waals surface area contributed by atoms with E-state index in [2.05, 4.69) is 12.2 Å². The maximum absolute atomic E-state index is 12.7. The van der Waals surface area contributed by atoms with Gasteiger partial charge in [-0.3, -0.25) is 19.8 Å². The van der Waals surface area contributed by atoms with Gasteiger partial charge in [-0.2, -0.15) is 0 Å². The van der Waals surface area contributed by atoms with Crippen molar-refractivity contribution >= 4 is 17.8 Å². The van der Waals surface area contributed by atoms with Crippen molar-refractivity contribution in [2.24, 2.45) is 11.3 Å². The quantitative estimate of drug-likeness (QED) is 0.813. The van der Waals surface area contributed by atoms with Crippen LogP contribution in [0.1, 0.15) is 64.7 Å². The average Bonchev–Trinajstić information content (AvgIpc) is 2.39. The van der Waals surface area contributed by atoms with Gasteiger partial charge in [0.15, 0.2) is 0 Å². The third-order valence-electron chi connectivity index (χ3n) is 5.59. The second-order valence-electron chi connectivity index (χ2n) is 6.83. The minimum absolute atomic E-state index is 0.0174. The molecule has 1 saturated heterocycles. The van der Waals surface area contributed by atoms with Crippen molar-refractivity contribution in [1.82, 2.24) is 10.2 Å². The van der Waals surface area contributed by atoms with Gasteiger partial charge in [0.25, 0.3) is 0 Å². The van der Waals surface area contributed by atoms with E-state index in [1.54, 1.807) is 0 Å². The smallest absolute Gasteiger partial charge is 0.277 e. The average molecular weight is 292 g/mol. The van der Waals surface area contributed by atoms with Crippen LogP contribution in [0.3, 0.4) is 0 Å². The molecule has 1 heterocycles. The zero-order chi connectivity index (χ0) is 15.0. The maximum atomic E-state index is 12.7. The van der Waals surface area contributed by atoms with E-state index in [0.717, 1.165) is 38.0 Å². The van der Waals surface area contributed by atoms with Crippen molar-refractivity contribution in [1.29, 1.82) is 0 Å². The Hall–Kier alpha value is -1.39. The van der Waals surface area contributed by atoms with Gasteiger partial charge in [-0.25, -0.2) is 4.79 Å². The van der Waals surface area contributed by atoms with Gasteiger partial charge in [-0.05, 0) is 44.4 Å². The molecule has 1 N–H and O–H groups in total. The zero-order valence-corrected chi connectivity index (χ0v) is 12.7. The Morgan fingerprint density at radius 1 is 1.14 bits per heavy atom. The lowest BCUT2D eigenvalue weighted by Gasteiger charge is -2.47. The summed E-state index contributed by atoms with van der Waals surface area (Å²) < 4.78 is 0. The number of hydrogen-bond acceptors (Lipinski definition) is 3. The molecule has 3 rings (SSSR count). The van der Waals surface area contributed by atoms with E-state index < -0.39 is 11.4 Å². The number of urea groups is 1. The van der Waals surface area contributed by atoms with Gasteiger partial charge in [0, 0.05) is 6.04 Å². The van der Waals surface area contributed by atoms with Crippen LogP contribution in [0.25, 0.3) is 0 Å². The van der Waals surface area contributed by atoms with E-state index in [1.165, 1.54) is 17.7 Å². The van der Waals surface area contributed by atoms with Gasteiger partial charge in [0.05, 0.1) is 0 Å². The van der Waals surface area contributed by atoms with Gasteiger partial charge in [-0.1, -0.05) is 26.2 Å². The fourth-order valence-electron chi connectivity index (χ4n) is 4.10. The molecule has 0 radical (unpaired) electrons. The van der Waals surface area contributed by atoms with Crippen molar-refractivity contribution in [3.63, 3.8) is 0 Å². The van der Waals surface area contributed by atoms with E-state index in [-0.39, 0.29) is 17.9 Å². The van der Waals surface area contributed by atoms with Gasteiger partial charge in [0.1, 0.15) is 5.41 Å². The highest BCUT2D eigenvalue weighted by atomic mass is 16.2. The Labute approximate surface area is 125 Å². The fourth-order valence-corrected chi connectivity index (χ4v) is 4.10. The van der Waals surface area contributed by atoms with E-state index in [1.807, 2.05) is 0 Å². The SMILES string of the molecule is CCCC1CCC(N2C(=O)NC(=O)C3(CCC3)C2=O)CC1. The van der Waals surface area contributed by atoms with Crippen LogP contribution in [0.4, 0.5) is 4.79 Å². The lowest BCUT2D eigenvalue weighted by Crippen LogP contribution is -2.68. The molecule has 21 heavy (non-hydrogen) atoms. The van der Waals surface area contributed by atoms with E-state index in [0.29, 0.717) is 12.8 Å². The molecule has 5 nitrogen and oxygen atoms in total. The minimum atomic E-state index is -0.922. The molecule has 0 aromatic rings. The molecule has 0 bridgehead atoms. The standard InChI is InChI=1S/C16H24N2O3/c1-2-4-11-5-7-12(8-6-11)18-14(20)16(9-3-10-16)13(19)17-15(18)21/h11-12H,2-10H2,1H3,(H,17,19,21). The lowest BCUT2D eigenvalue weighted by atomic mass is 9.66. The van der Waals surface area contributed by atoms with Crippen molar-refractivity contribution in [2.75, 3.05) is 0 Å². The van der Waals surface area contributed by atoms with Crippen LogP contribution in [0, 0.1) is 11.3 Å². The number of amides is 4. The molecule has 3 fully saturated rings. The second-order valence-corrected chi connectivity index (χ2v) is 6.83. The Bertz CT molecular complexity index is 462. The molecule has 1 aliphatic heterocycles. The molecule has 0 unspecified atom stereocenters. The molecular weight excluding hydrogens is 268 g/mol. The van der Waals surface area contributed by atoms with Crippen molar-refractivity contribution in [2.45, 2.75) is 70.8 Å². The molecule has 5 heteroatoms. The third-order valence-corrected chi connectivity index (χ3v) is 5.59. The summed E-state index contributed by atoms with van der Waals surface area (Å²) in [6.45, 7) is 2.19. The second kappa shape index (κ2) is 5.43. The molecule has 3 aliphatic rings. The number of nitrogens with one attached hydrogen (secondary N) is 1. The van der Waals surface area contributed by atoms with Crippen LogP contribution in [-0.2, 0) is 9.59 Å². The van der Waals surface area contributed by atoms with Crippen LogP contribution >= 0.6 is 0 Å². The minimum Gasteiger partial charge on any atom is -0.277 e. The first kappa shape index (κ1) is 14.5. The lowest BCUT2D eigenvalue weighted by molar-refractivity contribution is -0.159. The molecule has 0 aromatic heterocycles. The number of imide groups is 2. The normalized spacial score (nSPS) is 32.0. The summed E-state index contributed by atoms with van der Waals surface area (Å²) in [5.74, 6) is 0.120. The summed E-state index contributed by atoms with van der Waals surface area (Å²) >= 11 is 0. The highest BCUT2D eigenvalue weighted by Gasteiger charge is 2.58. The Balaban J connectivity index is 1.71. The van der Waals surface area contributed by atoms with Crippen molar-refractivity contribution in [3.05, 3.63) is 0 Å². The summed E-state index contributed by atoms with van der Waals surface area (Å²) in [6, 6.07) is -0.516. The number of barbiturate groups is 1. The molecule has 2 saturated carbocycles. The topological polar surface area (TPSA) is 66.5 Å². The first-order valence-electron chi connectivity index (χ1n) is 8.27. The van der Waals surface area contributed by atoms with Crippen LogP contribution in [0.2, 0.25) is 0 Å². The molecule has 2 aliphatic carbocycles. The predicted molar refractivity (Wildman–Crippen MR) is 77.3 cm³/mol. The Morgan fingerprint density at radius 3 is 2.33 bits per heavy atom. The largest absolute Gasteiger partial charge is 0.331 e. The van der Waals surface area contributed by atoms with Crippen LogP contribution in [0.5, 0.6) is 0 Å². The Kier molecular flexibility index (Phi) is 3.76. The number of hydrogen-bond donors (Lipinski definition) is 1. The van der Waals surface area contributed by atoms with Crippen LogP contribution < -0.4 is 5.32 Å². The van der Waals surface area contributed by atoms with Gasteiger partial charge in [0.2, 0.25) is 11.8 Å². The fraction of sp³-hybridized carbons (Fsp3) is 0.812. The summed E-state index contributed by atoms with van der Waals surface area (Å²) in [7, 11) is 0. The summed E-state index contributed by atoms with van der Waals surface area (Å²) in [5, 5.41) is 2.41. The number of nitrogens with zero attached hydrogens (tertiary/aromatic N) is 1. The molecule has 1 spiro atoms. The molecule has 116 valence electrons. The first-order valence-corrected chi connectivity index (χ1v) is 8.27. The molecule has 4 amide bonds. The molecule has 0 atom stereocenters. The van der Waals surface area contributed by atoms with Crippen LogP contribution in [-0.4, -0.2) is 28.8 Å². The third kappa shape index (κ3) is 2.27. The highest BCUT2D eigenvalue weighted by molar-refractivity contribution is 6.19. The van der Waals surface area contributed by atoms with Crippen molar-refractivity contribution < 1.29 is 14.4 Å². The number of carbonyl (C=O) groups is 3. The number of rotatable bonds is 3. The number of carbonyl (C=O) groups excluding carboxylic acids is 3. The van der Waals surface area contributed by atoms with E-state index in [4.69, 9.17) is 0 Å². The van der Waals surface area contributed by atoms with Gasteiger partial charge < -0.3 is 0 Å². The summed E-state index contributed by atoms with van der Waals surface area (Å²) in [4.78, 5) is 38.2. The van der Waals surface area contributed by atoms with Gasteiger partial charge >= 0.3 is 6.03 Å². The Morgan fingerprint density at radius 2 is 1.81 bits per heavy atom. The monoisotopic (exact) mass is 292 g/mol. The van der Waals surface area contributed by atoms with Crippen molar-refractivity contribution in [3.8, 4) is 0 Å². The summed E-state index contributed by atoms with van der Waals surface area (Å²) in [5.41, 5.74) is -0.922. The zero-order valence-electron chi connectivity index (χ0n) is 12.7. The summed E-state index contributed by atoms with van der Waals surface area (Å²) in [6.07, 6.45) is 8.42. The highest BCUT2D eigenvalue weighted by Crippen LogP contribution is 2.45. The maximum Gasteiger partial charge on any atom is 0.331 e. The van der Waals surface area contributed by atoms with E-state index in [9.17, 15) is 14.4 Å². The van der Waals surface area contributed by atoms with E-state index >= 15 is 0 Å². The molecule has 0 aromatic carbocycles.